The van der Waals surface area contributed by atoms with Crippen LogP contribution in [0.4, 0.5) is 14.5 Å². The molecule has 0 bridgehead atoms. The van der Waals surface area contributed by atoms with Gasteiger partial charge in [0.15, 0.2) is 17.2 Å². The first kappa shape index (κ1) is 52.6. The van der Waals surface area contributed by atoms with E-state index in [2.05, 4.69) is 64.5 Å². The van der Waals surface area contributed by atoms with Crippen molar-refractivity contribution >= 4 is 34.8 Å². The fourth-order valence-corrected chi connectivity index (χ4v) is 6.75. The Morgan fingerprint density at radius 1 is 0.919 bits per heavy atom. The molecule has 1 aliphatic rings. The highest BCUT2D eigenvalue weighted by Gasteiger charge is 2.29. The molecule has 0 aliphatic carbocycles. The highest BCUT2D eigenvalue weighted by atomic mass is 19.3. The Morgan fingerprint density at radius 3 is 2.08 bits per heavy atom. The fraction of sp³-hybridized carbons (Fsp3) is 0.511. The molecule has 4 rings (SSSR count). The van der Waals surface area contributed by atoms with Gasteiger partial charge in [-0.25, -0.2) is 18.7 Å². The molecule has 15 heteroatoms. The quantitative estimate of drug-likeness (QED) is 0.0620. The number of Topliss-reactive ketones (excluding diaryl/α,β-unsaturated/α-hetero) is 2. The lowest BCUT2D eigenvalue weighted by Gasteiger charge is -2.37. The van der Waals surface area contributed by atoms with Crippen molar-refractivity contribution in [3.63, 3.8) is 0 Å². The van der Waals surface area contributed by atoms with E-state index in [1.165, 1.54) is 24.0 Å². The van der Waals surface area contributed by atoms with Crippen LogP contribution in [0.2, 0.25) is 0 Å². The van der Waals surface area contributed by atoms with Gasteiger partial charge in [0.2, 0.25) is 5.91 Å². The number of hydrogen-bond acceptors (Lipinski definition) is 11. The summed E-state index contributed by atoms with van der Waals surface area (Å²) in [5, 5.41) is 25.5. The maximum atomic E-state index is 13.1. The summed E-state index contributed by atoms with van der Waals surface area (Å²) in [6.07, 6.45) is 3.98. The van der Waals surface area contributed by atoms with Gasteiger partial charge in [0.05, 0.1) is 17.1 Å². The van der Waals surface area contributed by atoms with Gasteiger partial charge >= 0.3 is 0 Å². The van der Waals surface area contributed by atoms with Gasteiger partial charge in [0.25, 0.3) is 11.8 Å². The number of nitrogens with one attached hydrogen (secondary N) is 2. The zero-order valence-corrected chi connectivity index (χ0v) is 38.6. The average molecular weight is 864 g/mol. The van der Waals surface area contributed by atoms with Crippen molar-refractivity contribution in [2.24, 2.45) is 10.9 Å². The van der Waals surface area contributed by atoms with E-state index in [0.717, 1.165) is 47.5 Å². The molecule has 2 aromatic carbocycles. The lowest BCUT2D eigenvalue weighted by atomic mass is 9.92. The minimum absolute atomic E-state index is 0.00362. The highest BCUT2D eigenvalue weighted by Crippen LogP contribution is 2.33. The first-order chi connectivity index (χ1) is 29.2. The van der Waals surface area contributed by atoms with E-state index in [9.17, 15) is 38.2 Å². The third kappa shape index (κ3) is 15.1. The lowest BCUT2D eigenvalue weighted by Crippen LogP contribution is -2.49. The van der Waals surface area contributed by atoms with Crippen LogP contribution < -0.4 is 10.6 Å². The second-order valence-electron chi connectivity index (χ2n) is 15.3. The molecule has 1 fully saturated rings. The fourth-order valence-electron chi connectivity index (χ4n) is 6.75. The Balaban J connectivity index is 0.000000613. The number of carbonyl (C=O) groups is 4. The highest BCUT2D eigenvalue weighted by molar-refractivity contribution is 5.96. The molecule has 2 heterocycles. The summed E-state index contributed by atoms with van der Waals surface area (Å²) >= 11 is 0. The van der Waals surface area contributed by atoms with E-state index in [1.54, 1.807) is 32.6 Å². The van der Waals surface area contributed by atoms with Crippen LogP contribution in [0.15, 0.2) is 59.0 Å². The first-order valence-electron chi connectivity index (χ1n) is 21.3. The van der Waals surface area contributed by atoms with Crippen molar-refractivity contribution in [3.8, 4) is 11.5 Å². The zero-order valence-electron chi connectivity index (χ0n) is 38.6. The van der Waals surface area contributed by atoms with Gasteiger partial charge in [-0.15, -0.1) is 0 Å². The molecule has 1 aromatic heterocycles. The number of amides is 2. The molecule has 0 saturated carbocycles. The smallest absolute Gasteiger partial charge is 0.276 e. The van der Waals surface area contributed by atoms with Crippen LogP contribution in [0, 0.1) is 19.8 Å². The van der Waals surface area contributed by atoms with Crippen LogP contribution in [0.25, 0.3) is 0 Å². The van der Waals surface area contributed by atoms with Crippen LogP contribution >= 0.6 is 0 Å². The number of rotatable bonds is 16. The maximum Gasteiger partial charge on any atom is 0.276 e. The van der Waals surface area contributed by atoms with E-state index in [-0.39, 0.29) is 70.3 Å². The molecule has 4 N–H and O–H groups in total. The van der Waals surface area contributed by atoms with Crippen LogP contribution in [0.1, 0.15) is 133 Å². The predicted octanol–water partition coefficient (Wildman–Crippen LogP) is 8.62. The number of anilines is 1. The molecule has 3 aromatic rings. The van der Waals surface area contributed by atoms with Crippen LogP contribution in [-0.4, -0.2) is 92.3 Å². The standard InChI is InChI=1S/C34H48N6O4.C11H13F2NO2.C2H6/c1-9-27(18-22(3)24(5)38-33(35-8)29-12-10-21(2)28(19-29)13-11-23(4)41)31(26(7)42)39-14-16-40(17-15-39)34(44)30-32(43)25(6)36-20-37-30;1-3-10(16)14-8-5-4-7(6-9(8)15)11(2,12)13;1-2/h10,12,19-20,22,33,35,43H,9,11,13-18H2,1-8H3;4-6,15H,3H2,1-2H3,(H,14,16);1-2H3/b31-27+,38-24+;;. The second-order valence-corrected chi connectivity index (χ2v) is 15.3. The van der Waals surface area contributed by atoms with Crippen LogP contribution in [0.3, 0.4) is 0 Å². The van der Waals surface area contributed by atoms with Gasteiger partial charge in [-0.2, -0.15) is 0 Å². The van der Waals surface area contributed by atoms with E-state index >= 15 is 0 Å². The Morgan fingerprint density at radius 2 is 1.55 bits per heavy atom. The van der Waals surface area contributed by atoms with Crippen molar-refractivity contribution in [3.05, 3.63) is 87.6 Å². The van der Waals surface area contributed by atoms with Crippen molar-refractivity contribution in [2.75, 3.05) is 38.5 Å². The van der Waals surface area contributed by atoms with Gasteiger partial charge in [0.1, 0.15) is 24.0 Å². The van der Waals surface area contributed by atoms with Crippen molar-refractivity contribution in [1.29, 1.82) is 0 Å². The molecule has 0 spiro atoms. The topological polar surface area (TPSA) is 177 Å². The van der Waals surface area contributed by atoms with Crippen LogP contribution in [0.5, 0.6) is 11.5 Å². The molecule has 1 aliphatic heterocycles. The second kappa shape index (κ2) is 24.8. The Hall–Kier alpha value is -5.57. The normalized spacial score (nSPS) is 14.3. The summed E-state index contributed by atoms with van der Waals surface area (Å²) in [6.45, 7) is 21.4. The molecule has 62 heavy (non-hydrogen) atoms. The molecule has 2 amide bonds. The number of alkyl halides is 2. The van der Waals surface area contributed by atoms with E-state index in [4.69, 9.17) is 4.99 Å². The number of halogens is 2. The maximum absolute atomic E-state index is 13.1. The van der Waals surface area contributed by atoms with Gasteiger partial charge in [-0.1, -0.05) is 58.9 Å². The number of phenols is 1. The number of aryl methyl sites for hydroxylation is 3. The Bertz CT molecular complexity index is 2070. The summed E-state index contributed by atoms with van der Waals surface area (Å²) in [4.78, 5) is 65.4. The third-order valence-electron chi connectivity index (χ3n) is 10.6. The molecular formula is C47H67F2N7O6. The summed E-state index contributed by atoms with van der Waals surface area (Å²) in [6, 6.07) is 9.69. The number of ketones is 2. The average Bonchev–Trinajstić information content (AvgIpc) is 3.24. The SMILES string of the molecule is CC.CC/C(CC(C)/C(C)=N/C(NC)c1ccc(C)c(CCC(C)=O)c1)=C(/C(C)=O)N1CCN(C(=O)c2ncnc(C)c2O)CC1.CCC(=O)Nc1ccc(C(C)(F)F)cc1O. The monoisotopic (exact) mass is 864 g/mol. The zero-order chi connectivity index (χ0) is 46.9. The number of carbonyl (C=O) groups excluding carboxylic acids is 4. The molecule has 0 radical (unpaired) electrons. The van der Waals surface area contributed by atoms with Crippen molar-refractivity contribution in [1.82, 2.24) is 25.1 Å². The van der Waals surface area contributed by atoms with Crippen LogP contribution in [-0.2, 0) is 26.7 Å². The molecule has 1 saturated heterocycles. The minimum atomic E-state index is -3.01. The summed E-state index contributed by atoms with van der Waals surface area (Å²) in [7, 11) is 1.89. The summed E-state index contributed by atoms with van der Waals surface area (Å²) < 4.78 is 25.8. The summed E-state index contributed by atoms with van der Waals surface area (Å²) in [5.74, 6) is -3.89. The van der Waals surface area contributed by atoms with Crippen molar-refractivity contribution < 1.29 is 38.2 Å². The van der Waals surface area contributed by atoms with Gasteiger partial charge < -0.3 is 30.1 Å². The van der Waals surface area contributed by atoms with E-state index in [0.29, 0.717) is 51.1 Å². The first-order valence-corrected chi connectivity index (χ1v) is 21.3. The van der Waals surface area contributed by atoms with Crippen molar-refractivity contribution in [2.45, 2.75) is 120 Å². The Labute approximate surface area is 366 Å². The number of aromatic nitrogens is 2. The molecule has 13 nitrogen and oxygen atoms in total. The number of aliphatic imine (C=N–C) groups is 1. The number of allylic oxidation sites excluding steroid dienone is 2. The number of aromatic hydroxyl groups is 2. The summed E-state index contributed by atoms with van der Waals surface area (Å²) in [5.41, 5.74) is 6.37. The number of nitrogens with zero attached hydrogens (tertiary/aromatic N) is 5. The third-order valence-corrected chi connectivity index (χ3v) is 10.6. The van der Waals surface area contributed by atoms with E-state index < -0.39 is 5.92 Å². The number of hydrogen-bond donors (Lipinski definition) is 4. The Kier molecular flexibility index (Phi) is 21.0. The lowest BCUT2D eigenvalue weighted by molar-refractivity contribution is -0.117. The molecule has 2 unspecified atom stereocenters. The number of piperazine rings is 1. The molecule has 340 valence electrons. The van der Waals surface area contributed by atoms with Gasteiger partial charge in [-0.05, 0) is 94.3 Å². The molecular weight excluding hydrogens is 797 g/mol. The largest absolute Gasteiger partial charge is 0.506 e. The van der Waals surface area contributed by atoms with Gasteiger partial charge in [-0.3, -0.25) is 24.7 Å². The van der Waals surface area contributed by atoms with E-state index in [1.807, 2.05) is 27.8 Å². The number of benzene rings is 2. The minimum Gasteiger partial charge on any atom is -0.506 e. The van der Waals surface area contributed by atoms with Gasteiger partial charge in [0, 0.05) is 64.1 Å². The molecule has 2 atom stereocenters. The predicted molar refractivity (Wildman–Crippen MR) is 241 cm³/mol. The number of phenolic OH excluding ortho intramolecular Hbond substituents is 1.